The van der Waals surface area contributed by atoms with Crippen molar-refractivity contribution < 1.29 is 4.74 Å². The second-order valence-corrected chi connectivity index (χ2v) is 6.51. The van der Waals surface area contributed by atoms with Gasteiger partial charge in [0.15, 0.2) is 6.10 Å². The van der Waals surface area contributed by atoms with Crippen LogP contribution in [-0.4, -0.2) is 28.0 Å². The summed E-state index contributed by atoms with van der Waals surface area (Å²) < 4.78 is 6.10. The van der Waals surface area contributed by atoms with Crippen LogP contribution in [0.3, 0.4) is 0 Å². The van der Waals surface area contributed by atoms with Crippen LogP contribution in [0.4, 0.5) is 5.82 Å². The lowest BCUT2D eigenvalue weighted by Crippen LogP contribution is -2.15. The first-order valence-electron chi connectivity index (χ1n) is 8.16. The molecule has 0 saturated heterocycles. The summed E-state index contributed by atoms with van der Waals surface area (Å²) in [5.74, 6) is 1.89. The van der Waals surface area contributed by atoms with Crippen LogP contribution >= 0.6 is 23.2 Å². The number of hydrogen-bond acceptors (Lipinski definition) is 5. The zero-order valence-corrected chi connectivity index (χ0v) is 15.5. The van der Waals surface area contributed by atoms with Crippen LogP contribution in [0.5, 0.6) is 5.88 Å². The van der Waals surface area contributed by atoms with Gasteiger partial charge in [0.25, 0.3) is 0 Å². The van der Waals surface area contributed by atoms with Gasteiger partial charge in [0.1, 0.15) is 11.6 Å². The summed E-state index contributed by atoms with van der Waals surface area (Å²) in [6.07, 6.45) is 3.61. The van der Waals surface area contributed by atoms with Crippen molar-refractivity contribution in [3.8, 4) is 5.88 Å². The minimum Gasteiger partial charge on any atom is -0.466 e. The van der Waals surface area contributed by atoms with Gasteiger partial charge in [-0.2, -0.15) is 4.98 Å². The van der Waals surface area contributed by atoms with Gasteiger partial charge in [-0.3, -0.25) is 0 Å². The van der Waals surface area contributed by atoms with Crippen LogP contribution in [0.1, 0.15) is 17.5 Å². The fourth-order valence-corrected chi connectivity index (χ4v) is 3.09. The third-order valence-corrected chi connectivity index (χ3v) is 4.04. The Morgan fingerprint density at radius 3 is 2.69 bits per heavy atom. The van der Waals surface area contributed by atoms with Gasteiger partial charge in [0.2, 0.25) is 5.88 Å². The molecular weight excluding hydrogens is 373 g/mol. The first-order valence-corrected chi connectivity index (χ1v) is 8.91. The molecule has 6 nitrogen and oxygen atoms in total. The SMILES string of the molecule is NCCNc1cccc(OC(Cc2cc(Cl)cc(Cl)c2)c2ncc[nH]2)n1. The molecule has 136 valence electrons. The number of hydrogen-bond donors (Lipinski definition) is 3. The highest BCUT2D eigenvalue weighted by atomic mass is 35.5. The third-order valence-electron chi connectivity index (χ3n) is 3.60. The van der Waals surface area contributed by atoms with Crippen molar-refractivity contribution in [2.75, 3.05) is 18.4 Å². The van der Waals surface area contributed by atoms with E-state index in [9.17, 15) is 0 Å². The molecule has 1 unspecified atom stereocenters. The van der Waals surface area contributed by atoms with Crippen LogP contribution < -0.4 is 15.8 Å². The molecular formula is C18H19Cl2N5O. The van der Waals surface area contributed by atoms with Crippen molar-refractivity contribution in [1.29, 1.82) is 0 Å². The van der Waals surface area contributed by atoms with E-state index in [0.29, 0.717) is 47.1 Å². The summed E-state index contributed by atoms with van der Waals surface area (Å²) in [5, 5.41) is 4.29. The van der Waals surface area contributed by atoms with Crippen molar-refractivity contribution in [3.63, 3.8) is 0 Å². The van der Waals surface area contributed by atoms with E-state index in [2.05, 4.69) is 20.3 Å². The summed E-state index contributed by atoms with van der Waals surface area (Å²) in [4.78, 5) is 11.9. The van der Waals surface area contributed by atoms with Crippen molar-refractivity contribution in [1.82, 2.24) is 15.0 Å². The Morgan fingerprint density at radius 2 is 2.00 bits per heavy atom. The molecule has 0 bridgehead atoms. The van der Waals surface area contributed by atoms with E-state index < -0.39 is 0 Å². The summed E-state index contributed by atoms with van der Waals surface area (Å²) in [7, 11) is 0. The van der Waals surface area contributed by atoms with Gasteiger partial charge in [-0.05, 0) is 29.8 Å². The van der Waals surface area contributed by atoms with E-state index in [1.54, 1.807) is 24.5 Å². The molecule has 0 amide bonds. The van der Waals surface area contributed by atoms with Crippen LogP contribution in [0.25, 0.3) is 0 Å². The Morgan fingerprint density at radius 1 is 1.19 bits per heavy atom. The molecule has 0 saturated carbocycles. The van der Waals surface area contributed by atoms with Gasteiger partial charge in [0.05, 0.1) is 0 Å². The van der Waals surface area contributed by atoms with Crippen molar-refractivity contribution in [2.45, 2.75) is 12.5 Å². The van der Waals surface area contributed by atoms with Gasteiger partial charge >= 0.3 is 0 Å². The summed E-state index contributed by atoms with van der Waals surface area (Å²) in [6, 6.07) is 11.0. The van der Waals surface area contributed by atoms with E-state index in [1.165, 1.54) is 0 Å². The number of pyridine rings is 1. The molecule has 8 heteroatoms. The largest absolute Gasteiger partial charge is 0.466 e. The Kier molecular flexibility index (Phi) is 6.33. The van der Waals surface area contributed by atoms with Crippen LogP contribution in [0.2, 0.25) is 10.0 Å². The van der Waals surface area contributed by atoms with E-state index in [-0.39, 0.29) is 6.10 Å². The maximum Gasteiger partial charge on any atom is 0.215 e. The van der Waals surface area contributed by atoms with Crippen molar-refractivity contribution in [3.05, 3.63) is 70.2 Å². The second-order valence-electron chi connectivity index (χ2n) is 5.64. The number of aromatic nitrogens is 3. The van der Waals surface area contributed by atoms with Gasteiger partial charge in [0, 0.05) is 48.0 Å². The number of imidazole rings is 1. The second kappa shape index (κ2) is 8.89. The number of benzene rings is 1. The van der Waals surface area contributed by atoms with Gasteiger partial charge in [-0.15, -0.1) is 0 Å². The van der Waals surface area contributed by atoms with Gasteiger partial charge in [-0.25, -0.2) is 4.98 Å². The molecule has 2 aromatic heterocycles. The van der Waals surface area contributed by atoms with Gasteiger partial charge in [-0.1, -0.05) is 29.3 Å². The van der Waals surface area contributed by atoms with Gasteiger partial charge < -0.3 is 20.8 Å². The Hall–Kier alpha value is -2.28. The van der Waals surface area contributed by atoms with Crippen LogP contribution in [-0.2, 0) is 6.42 Å². The molecule has 1 atom stereocenters. The third kappa shape index (κ3) is 5.11. The molecule has 4 N–H and O–H groups in total. The first kappa shape index (κ1) is 18.5. The van der Waals surface area contributed by atoms with E-state index in [0.717, 1.165) is 5.56 Å². The first-order chi connectivity index (χ1) is 12.6. The fraction of sp³-hybridized carbons (Fsp3) is 0.222. The number of aromatic amines is 1. The number of ether oxygens (including phenoxy) is 1. The number of nitrogens with zero attached hydrogens (tertiary/aromatic N) is 2. The van der Waals surface area contributed by atoms with Crippen molar-refractivity contribution >= 4 is 29.0 Å². The normalized spacial score (nSPS) is 12.0. The monoisotopic (exact) mass is 391 g/mol. The highest BCUT2D eigenvalue weighted by Gasteiger charge is 2.18. The quantitative estimate of drug-likeness (QED) is 0.542. The molecule has 0 aliphatic rings. The lowest BCUT2D eigenvalue weighted by atomic mass is 10.1. The average Bonchev–Trinajstić information content (AvgIpc) is 3.13. The smallest absolute Gasteiger partial charge is 0.215 e. The van der Waals surface area contributed by atoms with E-state index in [4.69, 9.17) is 33.7 Å². The number of nitrogens with one attached hydrogen (secondary N) is 2. The number of nitrogens with two attached hydrogens (primary N) is 1. The average molecular weight is 392 g/mol. The van der Waals surface area contributed by atoms with Crippen LogP contribution in [0, 0.1) is 0 Å². The summed E-state index contributed by atoms with van der Waals surface area (Å²) >= 11 is 12.2. The standard InChI is InChI=1S/C18H19Cl2N5O/c19-13-8-12(9-14(20)11-13)10-15(18-23-6-7-24-18)26-17-3-1-2-16(25-17)22-5-4-21/h1-3,6-9,11,15H,4-5,10,21H2,(H,22,25)(H,23,24). The number of anilines is 1. The van der Waals surface area contributed by atoms with Crippen LogP contribution in [0.15, 0.2) is 48.8 Å². The van der Waals surface area contributed by atoms with E-state index in [1.807, 2.05) is 24.3 Å². The number of rotatable bonds is 8. The summed E-state index contributed by atoms with van der Waals surface area (Å²) in [6.45, 7) is 1.16. The highest BCUT2D eigenvalue weighted by Crippen LogP contribution is 2.26. The number of H-pyrrole nitrogens is 1. The minimum absolute atomic E-state index is 0.364. The Labute approximate surface area is 161 Å². The lowest BCUT2D eigenvalue weighted by molar-refractivity contribution is 0.189. The fourth-order valence-electron chi connectivity index (χ4n) is 2.52. The molecule has 0 aliphatic heterocycles. The maximum absolute atomic E-state index is 6.11. The molecule has 3 rings (SSSR count). The molecule has 1 aromatic carbocycles. The molecule has 26 heavy (non-hydrogen) atoms. The topological polar surface area (TPSA) is 88.9 Å². The van der Waals surface area contributed by atoms with Crippen molar-refractivity contribution in [2.24, 2.45) is 5.73 Å². The molecule has 2 heterocycles. The predicted molar refractivity (Wildman–Crippen MR) is 104 cm³/mol. The minimum atomic E-state index is -0.364. The predicted octanol–water partition coefficient (Wildman–Crippen LogP) is 3.84. The number of halogens is 2. The summed E-state index contributed by atoms with van der Waals surface area (Å²) in [5.41, 5.74) is 6.46. The molecule has 0 radical (unpaired) electrons. The Bertz CT molecular complexity index is 821. The highest BCUT2D eigenvalue weighted by molar-refractivity contribution is 6.34. The Balaban J connectivity index is 1.81. The maximum atomic E-state index is 6.11. The zero-order chi connectivity index (χ0) is 18.4. The zero-order valence-electron chi connectivity index (χ0n) is 14.0. The lowest BCUT2D eigenvalue weighted by Gasteiger charge is -2.17. The molecule has 0 aliphatic carbocycles. The molecule has 0 spiro atoms. The molecule has 0 fully saturated rings. The van der Waals surface area contributed by atoms with E-state index >= 15 is 0 Å². The molecule has 3 aromatic rings.